The van der Waals surface area contributed by atoms with Gasteiger partial charge in [0.15, 0.2) is 0 Å². The molecular weight excluding hydrogens is 217 g/mol. The van der Waals surface area contributed by atoms with Crippen LogP contribution >= 0.6 is 23.2 Å². The van der Waals surface area contributed by atoms with Crippen LogP contribution in [0.2, 0.25) is 10.0 Å². The molecular formula is C11H11Cl2N. The van der Waals surface area contributed by atoms with E-state index in [2.05, 4.69) is 11.4 Å². The van der Waals surface area contributed by atoms with Crippen LogP contribution in [0.4, 0.5) is 5.69 Å². The van der Waals surface area contributed by atoms with E-state index in [1.807, 2.05) is 6.07 Å². The van der Waals surface area contributed by atoms with E-state index in [9.17, 15) is 0 Å². The second kappa shape index (κ2) is 3.04. The molecule has 0 radical (unpaired) electrons. The first kappa shape index (κ1) is 8.87. The Morgan fingerprint density at radius 1 is 1.21 bits per heavy atom. The van der Waals surface area contributed by atoms with Crippen molar-refractivity contribution in [1.29, 1.82) is 0 Å². The zero-order chi connectivity index (χ0) is 9.71. The van der Waals surface area contributed by atoms with Gasteiger partial charge in [-0.1, -0.05) is 23.2 Å². The van der Waals surface area contributed by atoms with Gasteiger partial charge >= 0.3 is 0 Å². The molecule has 1 N–H and O–H groups in total. The van der Waals surface area contributed by atoms with Gasteiger partial charge in [0.2, 0.25) is 0 Å². The van der Waals surface area contributed by atoms with Crippen molar-refractivity contribution in [2.24, 2.45) is 5.92 Å². The number of benzene rings is 1. The molecule has 0 saturated heterocycles. The molecule has 1 atom stereocenters. The summed E-state index contributed by atoms with van der Waals surface area (Å²) in [5.41, 5.74) is 2.43. The molecule has 0 bridgehead atoms. The van der Waals surface area contributed by atoms with E-state index in [0.717, 1.165) is 28.2 Å². The van der Waals surface area contributed by atoms with Crippen molar-refractivity contribution < 1.29 is 0 Å². The van der Waals surface area contributed by atoms with Gasteiger partial charge in [0, 0.05) is 17.5 Å². The van der Waals surface area contributed by atoms with E-state index in [1.54, 1.807) is 0 Å². The lowest BCUT2D eigenvalue weighted by Crippen LogP contribution is -2.03. The van der Waals surface area contributed by atoms with Crippen LogP contribution in [-0.2, 0) is 0 Å². The summed E-state index contributed by atoms with van der Waals surface area (Å²) in [7, 11) is 0. The molecule has 3 rings (SSSR count). The largest absolute Gasteiger partial charge is 0.383 e. The predicted octanol–water partition coefficient (Wildman–Crippen LogP) is 3.91. The molecule has 0 spiro atoms. The van der Waals surface area contributed by atoms with Crippen LogP contribution in [0.3, 0.4) is 0 Å². The predicted molar refractivity (Wildman–Crippen MR) is 60.4 cm³/mol. The summed E-state index contributed by atoms with van der Waals surface area (Å²) in [6, 6.07) is 3.87. The number of hydrogen-bond donors (Lipinski definition) is 1. The van der Waals surface area contributed by atoms with Crippen LogP contribution in [0.15, 0.2) is 12.1 Å². The summed E-state index contributed by atoms with van der Waals surface area (Å²) >= 11 is 12.1. The molecule has 74 valence electrons. The molecule has 1 aromatic carbocycles. The number of anilines is 1. The highest BCUT2D eigenvalue weighted by atomic mass is 35.5. The lowest BCUT2D eigenvalue weighted by atomic mass is 9.96. The Balaban J connectivity index is 2.08. The van der Waals surface area contributed by atoms with Crippen molar-refractivity contribution in [1.82, 2.24) is 0 Å². The fourth-order valence-corrected chi connectivity index (χ4v) is 2.89. The molecule has 1 unspecified atom stereocenters. The SMILES string of the molecule is Clc1cc(Cl)c2c(c1)C(C1CC1)CN2. The monoisotopic (exact) mass is 227 g/mol. The summed E-state index contributed by atoms with van der Waals surface area (Å²) in [6.07, 6.45) is 2.71. The molecule has 3 heteroatoms. The van der Waals surface area contributed by atoms with Crippen molar-refractivity contribution in [2.75, 3.05) is 11.9 Å². The topological polar surface area (TPSA) is 12.0 Å². The first-order valence-electron chi connectivity index (χ1n) is 4.98. The van der Waals surface area contributed by atoms with Crippen LogP contribution in [0.25, 0.3) is 0 Å². The van der Waals surface area contributed by atoms with E-state index in [-0.39, 0.29) is 0 Å². The van der Waals surface area contributed by atoms with E-state index in [0.29, 0.717) is 5.92 Å². The van der Waals surface area contributed by atoms with E-state index in [4.69, 9.17) is 23.2 Å². The van der Waals surface area contributed by atoms with Gasteiger partial charge in [-0.05, 0) is 36.5 Å². The Bertz CT molecular complexity index is 385. The van der Waals surface area contributed by atoms with Gasteiger partial charge in [0.25, 0.3) is 0 Å². The molecule has 1 aromatic rings. The van der Waals surface area contributed by atoms with Gasteiger partial charge in [0.05, 0.1) is 10.7 Å². The Morgan fingerprint density at radius 2 is 2.00 bits per heavy atom. The van der Waals surface area contributed by atoms with Gasteiger partial charge in [-0.25, -0.2) is 0 Å². The molecule has 1 saturated carbocycles. The molecule has 14 heavy (non-hydrogen) atoms. The standard InChI is InChI=1S/C11H11Cl2N/c12-7-3-8-9(6-1-2-6)5-14-11(8)10(13)4-7/h3-4,6,9,14H,1-2,5H2. The zero-order valence-corrected chi connectivity index (χ0v) is 9.20. The first-order chi connectivity index (χ1) is 6.75. The molecule has 0 amide bonds. The van der Waals surface area contributed by atoms with Gasteiger partial charge < -0.3 is 5.32 Å². The highest BCUT2D eigenvalue weighted by molar-refractivity contribution is 6.36. The summed E-state index contributed by atoms with van der Waals surface area (Å²) in [5.74, 6) is 1.50. The minimum Gasteiger partial charge on any atom is -0.383 e. The van der Waals surface area contributed by atoms with Crippen LogP contribution in [0.5, 0.6) is 0 Å². The zero-order valence-electron chi connectivity index (χ0n) is 7.69. The fourth-order valence-electron chi connectivity index (χ4n) is 2.31. The Hall–Kier alpha value is -0.400. The highest BCUT2D eigenvalue weighted by Gasteiger charge is 2.37. The van der Waals surface area contributed by atoms with E-state index < -0.39 is 0 Å². The van der Waals surface area contributed by atoms with Crippen molar-refractivity contribution in [3.63, 3.8) is 0 Å². The quantitative estimate of drug-likeness (QED) is 0.768. The second-order valence-electron chi connectivity index (χ2n) is 4.18. The third kappa shape index (κ3) is 1.31. The van der Waals surface area contributed by atoms with Crippen LogP contribution < -0.4 is 5.32 Å². The molecule has 0 aromatic heterocycles. The van der Waals surface area contributed by atoms with Crippen LogP contribution in [-0.4, -0.2) is 6.54 Å². The molecule has 1 nitrogen and oxygen atoms in total. The van der Waals surface area contributed by atoms with Gasteiger partial charge in [-0.15, -0.1) is 0 Å². The lowest BCUT2D eigenvalue weighted by molar-refractivity contribution is 0.660. The summed E-state index contributed by atoms with van der Waals surface area (Å²) in [4.78, 5) is 0. The van der Waals surface area contributed by atoms with Crippen molar-refractivity contribution in [3.05, 3.63) is 27.7 Å². The third-order valence-electron chi connectivity index (χ3n) is 3.17. The summed E-state index contributed by atoms with van der Waals surface area (Å²) < 4.78 is 0. The van der Waals surface area contributed by atoms with E-state index >= 15 is 0 Å². The fraction of sp³-hybridized carbons (Fsp3) is 0.455. The number of halogens is 2. The van der Waals surface area contributed by atoms with Gasteiger partial charge in [-0.3, -0.25) is 0 Å². The van der Waals surface area contributed by atoms with Crippen LogP contribution in [0.1, 0.15) is 24.3 Å². The molecule has 2 aliphatic rings. The maximum absolute atomic E-state index is 6.12. The summed E-state index contributed by atoms with van der Waals surface area (Å²) in [6.45, 7) is 1.03. The second-order valence-corrected chi connectivity index (χ2v) is 5.02. The van der Waals surface area contributed by atoms with Gasteiger partial charge in [-0.2, -0.15) is 0 Å². The summed E-state index contributed by atoms with van der Waals surface area (Å²) in [5, 5.41) is 4.89. The molecule has 1 fully saturated rings. The van der Waals surface area contributed by atoms with Crippen molar-refractivity contribution >= 4 is 28.9 Å². The highest BCUT2D eigenvalue weighted by Crippen LogP contribution is 2.49. The molecule has 1 aliphatic heterocycles. The number of nitrogens with one attached hydrogen (secondary N) is 1. The van der Waals surface area contributed by atoms with Crippen molar-refractivity contribution in [3.8, 4) is 0 Å². The maximum Gasteiger partial charge on any atom is 0.0655 e. The smallest absolute Gasteiger partial charge is 0.0655 e. The Morgan fingerprint density at radius 3 is 2.71 bits per heavy atom. The van der Waals surface area contributed by atoms with Gasteiger partial charge in [0.1, 0.15) is 0 Å². The van der Waals surface area contributed by atoms with Crippen molar-refractivity contribution in [2.45, 2.75) is 18.8 Å². The van der Waals surface area contributed by atoms with Crippen LogP contribution in [0, 0.1) is 5.92 Å². The normalized spacial score (nSPS) is 24.6. The Labute approximate surface area is 93.4 Å². The maximum atomic E-state index is 6.12. The lowest BCUT2D eigenvalue weighted by Gasteiger charge is -2.08. The third-order valence-corrected chi connectivity index (χ3v) is 3.69. The number of rotatable bonds is 1. The molecule has 1 aliphatic carbocycles. The average Bonchev–Trinajstić information content (AvgIpc) is 2.87. The van der Waals surface area contributed by atoms with E-state index in [1.165, 1.54) is 18.4 Å². The Kier molecular flexibility index (Phi) is 1.93. The molecule has 1 heterocycles. The number of hydrogen-bond acceptors (Lipinski definition) is 1. The first-order valence-corrected chi connectivity index (χ1v) is 5.74. The number of fused-ring (bicyclic) bond motifs is 1. The minimum atomic E-state index is 0.640. The average molecular weight is 228 g/mol. The minimum absolute atomic E-state index is 0.640.